The molecular formula is C10H16N2O2. The van der Waals surface area contributed by atoms with E-state index in [2.05, 4.69) is 16.9 Å². The number of aromatic nitrogens is 2. The molecular weight excluding hydrogens is 180 g/mol. The standard InChI is InChI=1S/C10H16N2O2/c1-2-3-8-5-11-6-9(12-8)4-10(14)7-13/h5-6,10,13-14H,2-4,7H2,1H3/t10-/m0/s1. The molecule has 14 heavy (non-hydrogen) atoms. The van der Waals surface area contributed by atoms with Crippen molar-refractivity contribution in [3.63, 3.8) is 0 Å². The Kier molecular flexibility index (Phi) is 4.49. The SMILES string of the molecule is CCCc1cncc(C[C@H](O)CO)n1. The van der Waals surface area contributed by atoms with Crippen molar-refractivity contribution < 1.29 is 10.2 Å². The molecule has 0 amide bonds. The van der Waals surface area contributed by atoms with Crippen molar-refractivity contribution in [1.29, 1.82) is 0 Å². The summed E-state index contributed by atoms with van der Waals surface area (Å²) in [6.07, 6.45) is 4.91. The normalized spacial score (nSPS) is 12.8. The van der Waals surface area contributed by atoms with Gasteiger partial charge in [-0.15, -0.1) is 0 Å². The van der Waals surface area contributed by atoms with Gasteiger partial charge in [0, 0.05) is 18.8 Å². The fourth-order valence-electron chi connectivity index (χ4n) is 1.23. The largest absolute Gasteiger partial charge is 0.394 e. The van der Waals surface area contributed by atoms with Gasteiger partial charge in [0.1, 0.15) is 0 Å². The van der Waals surface area contributed by atoms with Gasteiger partial charge in [-0.1, -0.05) is 13.3 Å². The zero-order valence-corrected chi connectivity index (χ0v) is 8.35. The predicted molar refractivity (Wildman–Crippen MR) is 52.8 cm³/mol. The molecule has 78 valence electrons. The van der Waals surface area contributed by atoms with Crippen LogP contribution in [0.5, 0.6) is 0 Å². The van der Waals surface area contributed by atoms with Gasteiger partial charge >= 0.3 is 0 Å². The summed E-state index contributed by atoms with van der Waals surface area (Å²) in [5, 5.41) is 17.9. The Hall–Kier alpha value is -1.00. The van der Waals surface area contributed by atoms with Crippen molar-refractivity contribution in [1.82, 2.24) is 9.97 Å². The lowest BCUT2D eigenvalue weighted by Crippen LogP contribution is -2.16. The van der Waals surface area contributed by atoms with Gasteiger partial charge in [-0.05, 0) is 6.42 Å². The Labute approximate surface area is 83.6 Å². The fraction of sp³-hybridized carbons (Fsp3) is 0.600. The van der Waals surface area contributed by atoms with E-state index in [1.54, 1.807) is 12.4 Å². The van der Waals surface area contributed by atoms with Gasteiger partial charge in [-0.25, -0.2) is 0 Å². The van der Waals surface area contributed by atoms with Crippen LogP contribution in [0.4, 0.5) is 0 Å². The van der Waals surface area contributed by atoms with Crippen LogP contribution in [0, 0.1) is 0 Å². The molecule has 0 bridgehead atoms. The third kappa shape index (κ3) is 3.40. The molecule has 0 aliphatic heterocycles. The Balaban J connectivity index is 2.63. The number of nitrogens with zero attached hydrogens (tertiary/aromatic N) is 2. The van der Waals surface area contributed by atoms with Crippen LogP contribution >= 0.6 is 0 Å². The van der Waals surface area contributed by atoms with E-state index in [1.165, 1.54) is 0 Å². The zero-order chi connectivity index (χ0) is 10.4. The summed E-state index contributed by atoms with van der Waals surface area (Å²) < 4.78 is 0. The number of hydrogen-bond acceptors (Lipinski definition) is 4. The first-order valence-corrected chi connectivity index (χ1v) is 4.85. The van der Waals surface area contributed by atoms with E-state index in [0.29, 0.717) is 6.42 Å². The second-order valence-corrected chi connectivity index (χ2v) is 3.29. The quantitative estimate of drug-likeness (QED) is 0.712. The Morgan fingerprint density at radius 1 is 1.36 bits per heavy atom. The Morgan fingerprint density at radius 2 is 2.07 bits per heavy atom. The summed E-state index contributed by atoms with van der Waals surface area (Å²) in [5.74, 6) is 0. The van der Waals surface area contributed by atoms with Crippen LogP contribution in [-0.2, 0) is 12.8 Å². The first-order valence-electron chi connectivity index (χ1n) is 4.85. The number of hydrogen-bond donors (Lipinski definition) is 2. The van der Waals surface area contributed by atoms with E-state index >= 15 is 0 Å². The van der Waals surface area contributed by atoms with Crippen molar-refractivity contribution in [3.05, 3.63) is 23.8 Å². The number of aliphatic hydroxyl groups excluding tert-OH is 2. The molecule has 0 radical (unpaired) electrons. The summed E-state index contributed by atoms with van der Waals surface area (Å²) in [4.78, 5) is 8.35. The first kappa shape index (κ1) is 11.1. The van der Waals surface area contributed by atoms with Gasteiger partial charge in [0.2, 0.25) is 0 Å². The van der Waals surface area contributed by atoms with Crippen molar-refractivity contribution in [2.24, 2.45) is 0 Å². The van der Waals surface area contributed by atoms with Gasteiger partial charge in [0.25, 0.3) is 0 Å². The van der Waals surface area contributed by atoms with E-state index in [1.807, 2.05) is 0 Å². The molecule has 1 atom stereocenters. The monoisotopic (exact) mass is 196 g/mol. The minimum Gasteiger partial charge on any atom is -0.394 e. The minimum absolute atomic E-state index is 0.236. The molecule has 1 aromatic rings. The molecule has 0 fully saturated rings. The van der Waals surface area contributed by atoms with Crippen molar-refractivity contribution in [2.45, 2.75) is 32.3 Å². The molecule has 0 unspecified atom stereocenters. The van der Waals surface area contributed by atoms with E-state index < -0.39 is 6.10 Å². The van der Waals surface area contributed by atoms with Crippen molar-refractivity contribution >= 4 is 0 Å². The average Bonchev–Trinajstić information content (AvgIpc) is 2.19. The van der Waals surface area contributed by atoms with E-state index in [0.717, 1.165) is 24.2 Å². The minimum atomic E-state index is -0.735. The Morgan fingerprint density at radius 3 is 2.71 bits per heavy atom. The van der Waals surface area contributed by atoms with Crippen molar-refractivity contribution in [2.75, 3.05) is 6.61 Å². The molecule has 1 heterocycles. The van der Waals surface area contributed by atoms with Crippen LogP contribution in [0.2, 0.25) is 0 Å². The second-order valence-electron chi connectivity index (χ2n) is 3.29. The molecule has 0 aliphatic carbocycles. The highest BCUT2D eigenvalue weighted by Gasteiger charge is 2.05. The molecule has 0 aromatic carbocycles. The van der Waals surface area contributed by atoms with Crippen molar-refractivity contribution in [3.8, 4) is 0 Å². The predicted octanol–water partition coefficient (Wildman–Crippen LogP) is 0.325. The highest BCUT2D eigenvalue weighted by molar-refractivity contribution is 5.04. The van der Waals surface area contributed by atoms with E-state index in [-0.39, 0.29) is 6.61 Å². The summed E-state index contributed by atoms with van der Waals surface area (Å²) in [6.45, 7) is 1.84. The molecule has 0 spiro atoms. The molecule has 0 saturated carbocycles. The smallest absolute Gasteiger partial charge is 0.0826 e. The van der Waals surface area contributed by atoms with Gasteiger partial charge in [-0.2, -0.15) is 0 Å². The maximum atomic E-state index is 9.21. The highest BCUT2D eigenvalue weighted by Crippen LogP contribution is 2.02. The van der Waals surface area contributed by atoms with Gasteiger partial charge in [-0.3, -0.25) is 9.97 Å². The van der Waals surface area contributed by atoms with E-state index in [9.17, 15) is 5.11 Å². The second kappa shape index (κ2) is 5.67. The molecule has 0 saturated heterocycles. The molecule has 1 aromatic heterocycles. The molecule has 4 nitrogen and oxygen atoms in total. The maximum absolute atomic E-state index is 9.21. The molecule has 0 aliphatic rings. The van der Waals surface area contributed by atoms with Crippen LogP contribution in [-0.4, -0.2) is 32.9 Å². The summed E-state index contributed by atoms with van der Waals surface area (Å²) in [5.41, 5.74) is 1.67. The number of aliphatic hydroxyl groups is 2. The number of rotatable bonds is 5. The van der Waals surface area contributed by atoms with Crippen LogP contribution < -0.4 is 0 Å². The highest BCUT2D eigenvalue weighted by atomic mass is 16.3. The topological polar surface area (TPSA) is 66.2 Å². The third-order valence-corrected chi connectivity index (χ3v) is 1.90. The van der Waals surface area contributed by atoms with Crippen LogP contribution in [0.15, 0.2) is 12.4 Å². The summed E-state index contributed by atoms with van der Waals surface area (Å²) >= 11 is 0. The zero-order valence-electron chi connectivity index (χ0n) is 8.35. The first-order chi connectivity index (χ1) is 6.76. The van der Waals surface area contributed by atoms with E-state index in [4.69, 9.17) is 5.11 Å². The van der Waals surface area contributed by atoms with Crippen LogP contribution in [0.3, 0.4) is 0 Å². The summed E-state index contributed by atoms with van der Waals surface area (Å²) in [6, 6.07) is 0. The van der Waals surface area contributed by atoms with Gasteiger partial charge in [0.15, 0.2) is 0 Å². The fourth-order valence-corrected chi connectivity index (χ4v) is 1.23. The molecule has 4 heteroatoms. The van der Waals surface area contributed by atoms with Crippen LogP contribution in [0.25, 0.3) is 0 Å². The third-order valence-electron chi connectivity index (χ3n) is 1.90. The Bertz CT molecular complexity index is 279. The number of aryl methyl sites for hydroxylation is 1. The van der Waals surface area contributed by atoms with Gasteiger partial charge in [0.05, 0.1) is 24.1 Å². The van der Waals surface area contributed by atoms with Crippen LogP contribution in [0.1, 0.15) is 24.7 Å². The summed E-state index contributed by atoms with van der Waals surface area (Å²) in [7, 11) is 0. The molecule has 2 N–H and O–H groups in total. The molecule has 1 rings (SSSR count). The lowest BCUT2D eigenvalue weighted by Gasteiger charge is -2.06. The lowest BCUT2D eigenvalue weighted by molar-refractivity contribution is 0.0946. The van der Waals surface area contributed by atoms with Gasteiger partial charge < -0.3 is 10.2 Å². The lowest BCUT2D eigenvalue weighted by atomic mass is 10.2. The maximum Gasteiger partial charge on any atom is 0.0826 e. The average molecular weight is 196 g/mol.